The van der Waals surface area contributed by atoms with E-state index in [0.29, 0.717) is 5.92 Å². The summed E-state index contributed by atoms with van der Waals surface area (Å²) in [6.07, 6.45) is 3.83. The molecule has 1 unspecified atom stereocenters. The van der Waals surface area contributed by atoms with Crippen LogP contribution in [0, 0.1) is 12.8 Å². The summed E-state index contributed by atoms with van der Waals surface area (Å²) in [5, 5.41) is 3.33. The molecule has 18 heavy (non-hydrogen) atoms. The van der Waals surface area contributed by atoms with Gasteiger partial charge in [0.05, 0.1) is 0 Å². The number of nitrogens with one attached hydrogen (secondary N) is 1. The van der Waals surface area contributed by atoms with Crippen molar-refractivity contribution in [1.82, 2.24) is 14.9 Å². The summed E-state index contributed by atoms with van der Waals surface area (Å²) in [5.74, 6) is 1.55. The molecule has 1 amide bonds. The van der Waals surface area contributed by atoms with E-state index in [1.165, 1.54) is 6.42 Å². The van der Waals surface area contributed by atoms with Gasteiger partial charge < -0.3 is 10.2 Å². The van der Waals surface area contributed by atoms with Gasteiger partial charge in [0.1, 0.15) is 12.1 Å². The van der Waals surface area contributed by atoms with Gasteiger partial charge in [0.2, 0.25) is 5.91 Å². The summed E-state index contributed by atoms with van der Waals surface area (Å²) in [6, 6.07) is 1.94. The molecular formula is C13H20N4O. The number of carbonyl (C=O) groups is 1. The van der Waals surface area contributed by atoms with Crippen LogP contribution in [0.3, 0.4) is 0 Å². The number of carbonyl (C=O) groups excluding carboxylic acids is 1. The molecule has 1 aromatic heterocycles. The highest BCUT2D eigenvalue weighted by Gasteiger charge is 2.21. The molecule has 0 aromatic carbocycles. The van der Waals surface area contributed by atoms with Crippen molar-refractivity contribution in [3.8, 4) is 0 Å². The summed E-state index contributed by atoms with van der Waals surface area (Å²) < 4.78 is 0. The van der Waals surface area contributed by atoms with Crippen molar-refractivity contribution in [3.63, 3.8) is 0 Å². The minimum atomic E-state index is 0.178. The van der Waals surface area contributed by atoms with Crippen LogP contribution in [0.25, 0.3) is 0 Å². The van der Waals surface area contributed by atoms with Crippen LogP contribution in [0.1, 0.15) is 25.5 Å². The Morgan fingerprint density at radius 2 is 2.39 bits per heavy atom. The zero-order chi connectivity index (χ0) is 13.0. The maximum Gasteiger partial charge on any atom is 0.219 e. The Morgan fingerprint density at radius 3 is 3.11 bits per heavy atom. The van der Waals surface area contributed by atoms with Crippen LogP contribution in [0.4, 0.5) is 5.82 Å². The van der Waals surface area contributed by atoms with Crippen LogP contribution in [-0.4, -0.2) is 40.4 Å². The topological polar surface area (TPSA) is 58.1 Å². The van der Waals surface area contributed by atoms with E-state index >= 15 is 0 Å². The molecule has 5 heteroatoms. The first-order valence-corrected chi connectivity index (χ1v) is 6.43. The summed E-state index contributed by atoms with van der Waals surface area (Å²) >= 11 is 0. The molecule has 2 heterocycles. The lowest BCUT2D eigenvalue weighted by Crippen LogP contribution is -2.40. The molecule has 0 aliphatic carbocycles. The summed E-state index contributed by atoms with van der Waals surface area (Å²) in [6.45, 7) is 6.21. The molecule has 1 aliphatic rings. The fourth-order valence-electron chi connectivity index (χ4n) is 2.32. The van der Waals surface area contributed by atoms with E-state index in [0.717, 1.165) is 37.6 Å². The molecule has 98 valence electrons. The summed E-state index contributed by atoms with van der Waals surface area (Å²) in [7, 11) is 0. The Bertz CT molecular complexity index is 421. The number of hydrogen-bond acceptors (Lipinski definition) is 4. The number of aryl methyl sites for hydroxylation is 1. The third kappa shape index (κ3) is 3.42. The number of nitrogens with zero attached hydrogens (tertiary/aromatic N) is 3. The van der Waals surface area contributed by atoms with Gasteiger partial charge in [0.25, 0.3) is 0 Å². The molecule has 2 rings (SSSR count). The van der Waals surface area contributed by atoms with Crippen LogP contribution in [0.5, 0.6) is 0 Å². The molecule has 0 saturated carbocycles. The second-order valence-electron chi connectivity index (χ2n) is 4.90. The zero-order valence-corrected chi connectivity index (χ0v) is 11.0. The number of anilines is 1. The lowest BCUT2D eigenvalue weighted by atomic mass is 9.98. The minimum absolute atomic E-state index is 0.178. The van der Waals surface area contributed by atoms with Gasteiger partial charge in [-0.3, -0.25) is 4.79 Å². The van der Waals surface area contributed by atoms with Crippen molar-refractivity contribution in [2.75, 3.05) is 25.0 Å². The van der Waals surface area contributed by atoms with E-state index in [9.17, 15) is 4.79 Å². The van der Waals surface area contributed by atoms with E-state index in [4.69, 9.17) is 0 Å². The standard InChI is InChI=1S/C13H20N4O/c1-10-6-13(16-9-15-10)14-7-12-4-3-5-17(8-12)11(2)18/h6,9,12H,3-5,7-8H2,1-2H3,(H,14,15,16). The van der Waals surface area contributed by atoms with E-state index < -0.39 is 0 Å². The second kappa shape index (κ2) is 5.80. The molecule has 1 aromatic rings. The summed E-state index contributed by atoms with van der Waals surface area (Å²) in [4.78, 5) is 21.5. The third-order valence-corrected chi connectivity index (χ3v) is 3.34. The van der Waals surface area contributed by atoms with Gasteiger partial charge in [-0.15, -0.1) is 0 Å². The van der Waals surface area contributed by atoms with Crippen LogP contribution in [0.15, 0.2) is 12.4 Å². The molecule has 1 N–H and O–H groups in total. The fourth-order valence-corrected chi connectivity index (χ4v) is 2.32. The van der Waals surface area contributed by atoms with E-state index in [1.807, 2.05) is 17.9 Å². The van der Waals surface area contributed by atoms with Crippen molar-refractivity contribution in [3.05, 3.63) is 18.1 Å². The van der Waals surface area contributed by atoms with Crippen molar-refractivity contribution in [2.45, 2.75) is 26.7 Å². The molecule has 1 fully saturated rings. The van der Waals surface area contributed by atoms with Gasteiger partial charge in [0, 0.05) is 38.3 Å². The summed E-state index contributed by atoms with van der Waals surface area (Å²) in [5.41, 5.74) is 0.960. The molecular weight excluding hydrogens is 228 g/mol. The smallest absolute Gasteiger partial charge is 0.219 e. The monoisotopic (exact) mass is 248 g/mol. The highest BCUT2D eigenvalue weighted by molar-refractivity contribution is 5.73. The first-order chi connectivity index (χ1) is 8.65. The highest BCUT2D eigenvalue weighted by atomic mass is 16.2. The van der Waals surface area contributed by atoms with E-state index in [-0.39, 0.29) is 5.91 Å². The van der Waals surface area contributed by atoms with Gasteiger partial charge in [-0.2, -0.15) is 0 Å². The normalized spacial score (nSPS) is 19.7. The fraction of sp³-hybridized carbons (Fsp3) is 0.615. The van der Waals surface area contributed by atoms with Crippen molar-refractivity contribution < 1.29 is 4.79 Å². The van der Waals surface area contributed by atoms with Gasteiger partial charge in [-0.05, 0) is 25.7 Å². The van der Waals surface area contributed by atoms with Gasteiger partial charge in [-0.1, -0.05) is 0 Å². The molecule has 0 bridgehead atoms. The Labute approximate surface area is 108 Å². The average molecular weight is 248 g/mol. The number of rotatable bonds is 3. The highest BCUT2D eigenvalue weighted by Crippen LogP contribution is 2.17. The van der Waals surface area contributed by atoms with Crippen molar-refractivity contribution in [2.24, 2.45) is 5.92 Å². The third-order valence-electron chi connectivity index (χ3n) is 3.34. The zero-order valence-electron chi connectivity index (χ0n) is 11.0. The molecule has 0 radical (unpaired) electrons. The first kappa shape index (κ1) is 12.8. The maximum atomic E-state index is 11.3. The van der Waals surface area contributed by atoms with Gasteiger partial charge in [0.15, 0.2) is 0 Å². The lowest BCUT2D eigenvalue weighted by Gasteiger charge is -2.32. The van der Waals surface area contributed by atoms with Crippen LogP contribution >= 0.6 is 0 Å². The van der Waals surface area contributed by atoms with Gasteiger partial charge in [-0.25, -0.2) is 9.97 Å². The Balaban J connectivity index is 1.84. The van der Waals surface area contributed by atoms with E-state index in [1.54, 1.807) is 13.3 Å². The predicted molar refractivity (Wildman–Crippen MR) is 70.2 cm³/mol. The van der Waals surface area contributed by atoms with Crippen molar-refractivity contribution in [1.29, 1.82) is 0 Å². The Morgan fingerprint density at radius 1 is 1.56 bits per heavy atom. The minimum Gasteiger partial charge on any atom is -0.370 e. The molecule has 1 aliphatic heterocycles. The lowest BCUT2D eigenvalue weighted by molar-refractivity contribution is -0.130. The van der Waals surface area contributed by atoms with Gasteiger partial charge >= 0.3 is 0 Å². The van der Waals surface area contributed by atoms with Crippen LogP contribution in [-0.2, 0) is 4.79 Å². The second-order valence-corrected chi connectivity index (χ2v) is 4.90. The van der Waals surface area contributed by atoms with E-state index in [2.05, 4.69) is 15.3 Å². The quantitative estimate of drug-likeness (QED) is 0.879. The van der Waals surface area contributed by atoms with Crippen molar-refractivity contribution >= 4 is 11.7 Å². The average Bonchev–Trinajstić information content (AvgIpc) is 2.37. The number of likely N-dealkylation sites (tertiary alicyclic amines) is 1. The number of hydrogen-bond donors (Lipinski definition) is 1. The SMILES string of the molecule is CC(=O)N1CCCC(CNc2cc(C)ncn2)C1. The molecule has 0 spiro atoms. The number of aromatic nitrogens is 2. The number of piperidine rings is 1. The largest absolute Gasteiger partial charge is 0.370 e. The first-order valence-electron chi connectivity index (χ1n) is 6.43. The molecule has 5 nitrogen and oxygen atoms in total. The predicted octanol–water partition coefficient (Wildman–Crippen LogP) is 1.46. The van der Waals surface area contributed by atoms with Crippen LogP contribution in [0.2, 0.25) is 0 Å². The molecule has 1 saturated heterocycles. The van der Waals surface area contributed by atoms with Crippen LogP contribution < -0.4 is 5.32 Å². The Hall–Kier alpha value is -1.65. The molecule has 1 atom stereocenters. The number of amides is 1. The maximum absolute atomic E-state index is 11.3. The Kier molecular flexibility index (Phi) is 4.12.